The van der Waals surface area contributed by atoms with E-state index in [0.717, 1.165) is 16.5 Å². The van der Waals surface area contributed by atoms with E-state index < -0.39 is 12.6 Å². The van der Waals surface area contributed by atoms with E-state index in [4.69, 9.17) is 0 Å². The van der Waals surface area contributed by atoms with Crippen molar-refractivity contribution in [1.29, 1.82) is 0 Å². The van der Waals surface area contributed by atoms with Crippen LogP contribution in [0.4, 0.5) is 13.2 Å². The zero-order valence-electron chi connectivity index (χ0n) is 12.8. The number of halogens is 3. The lowest BCUT2D eigenvalue weighted by Crippen LogP contribution is -2.38. The maximum atomic E-state index is 12.2. The Bertz CT molecular complexity index is 662. The van der Waals surface area contributed by atoms with Crippen molar-refractivity contribution in [2.45, 2.75) is 26.1 Å². The van der Waals surface area contributed by atoms with Gasteiger partial charge in [0.15, 0.2) is 5.96 Å². The van der Waals surface area contributed by atoms with Gasteiger partial charge in [0.2, 0.25) is 0 Å². The molecule has 0 saturated heterocycles. The van der Waals surface area contributed by atoms with Crippen molar-refractivity contribution >= 4 is 16.9 Å². The van der Waals surface area contributed by atoms with Crippen LogP contribution in [0.5, 0.6) is 0 Å². The van der Waals surface area contributed by atoms with Gasteiger partial charge in [0.25, 0.3) is 0 Å². The van der Waals surface area contributed by atoms with Gasteiger partial charge in [-0.2, -0.15) is 13.2 Å². The summed E-state index contributed by atoms with van der Waals surface area (Å²) in [4.78, 5) is 8.68. The lowest BCUT2D eigenvalue weighted by molar-refractivity contribution is -0.132. The summed E-state index contributed by atoms with van der Waals surface area (Å²) in [5.74, 6) is 0.365. The summed E-state index contributed by atoms with van der Waals surface area (Å²) >= 11 is 0. The molecule has 0 aliphatic carbocycles. The summed E-state index contributed by atoms with van der Waals surface area (Å²) in [5, 5.41) is 6.64. The van der Waals surface area contributed by atoms with E-state index in [0.29, 0.717) is 19.0 Å². The first-order valence-corrected chi connectivity index (χ1v) is 7.41. The normalized spacial score (nSPS) is 12.4. The maximum absolute atomic E-state index is 12.2. The molecule has 2 aromatic rings. The smallest absolute Gasteiger partial charge is 0.357 e. The first-order valence-electron chi connectivity index (χ1n) is 7.41. The number of alkyl halides is 3. The highest BCUT2D eigenvalue weighted by Crippen LogP contribution is 2.18. The molecule has 4 nitrogen and oxygen atoms in total. The number of pyridine rings is 1. The Morgan fingerprint density at radius 2 is 1.96 bits per heavy atom. The second-order valence-corrected chi connectivity index (χ2v) is 4.98. The van der Waals surface area contributed by atoms with E-state index in [1.165, 1.54) is 0 Å². The summed E-state index contributed by atoms with van der Waals surface area (Å²) in [6.45, 7) is 2.57. The summed E-state index contributed by atoms with van der Waals surface area (Å²) < 4.78 is 36.6. The predicted octanol–water partition coefficient (Wildman–Crippen LogP) is 3.24. The van der Waals surface area contributed by atoms with Crippen LogP contribution >= 0.6 is 0 Å². The molecule has 23 heavy (non-hydrogen) atoms. The third-order valence-electron chi connectivity index (χ3n) is 3.17. The molecule has 0 bridgehead atoms. The molecule has 0 aliphatic heterocycles. The van der Waals surface area contributed by atoms with Gasteiger partial charge in [-0.25, -0.2) is 4.99 Å². The summed E-state index contributed by atoms with van der Waals surface area (Å²) in [5.41, 5.74) is 1.78. The number of para-hydroxylation sites is 1. The van der Waals surface area contributed by atoms with Crippen LogP contribution in [0.15, 0.2) is 41.5 Å². The first kappa shape index (κ1) is 17.1. The summed E-state index contributed by atoms with van der Waals surface area (Å²) in [6.07, 6.45) is -3.36. The van der Waals surface area contributed by atoms with Crippen molar-refractivity contribution < 1.29 is 13.2 Å². The van der Waals surface area contributed by atoms with Gasteiger partial charge >= 0.3 is 6.18 Å². The average Bonchev–Trinajstić information content (AvgIpc) is 2.51. The minimum Gasteiger partial charge on any atom is -0.357 e. The van der Waals surface area contributed by atoms with Crippen molar-refractivity contribution in [1.82, 2.24) is 15.6 Å². The minimum atomic E-state index is -4.18. The van der Waals surface area contributed by atoms with Crippen LogP contribution in [0.3, 0.4) is 0 Å². The Morgan fingerprint density at radius 3 is 2.70 bits per heavy atom. The second kappa shape index (κ2) is 7.80. The van der Waals surface area contributed by atoms with Crippen LogP contribution in [0.1, 0.15) is 18.9 Å². The molecule has 0 spiro atoms. The molecule has 2 N–H and O–H groups in total. The van der Waals surface area contributed by atoms with Gasteiger partial charge in [-0.1, -0.05) is 24.3 Å². The lowest BCUT2D eigenvalue weighted by Gasteiger charge is -2.12. The fraction of sp³-hybridized carbons (Fsp3) is 0.375. The van der Waals surface area contributed by atoms with Crippen molar-refractivity contribution in [3.8, 4) is 0 Å². The topological polar surface area (TPSA) is 49.3 Å². The van der Waals surface area contributed by atoms with E-state index in [-0.39, 0.29) is 6.54 Å². The van der Waals surface area contributed by atoms with Crippen molar-refractivity contribution in [3.63, 3.8) is 0 Å². The van der Waals surface area contributed by atoms with Crippen LogP contribution in [0, 0.1) is 0 Å². The van der Waals surface area contributed by atoms with Crippen LogP contribution < -0.4 is 10.6 Å². The van der Waals surface area contributed by atoms with E-state index in [1.54, 1.807) is 6.20 Å². The van der Waals surface area contributed by atoms with Gasteiger partial charge in [-0.15, -0.1) is 0 Å². The predicted molar refractivity (Wildman–Crippen MR) is 85.2 cm³/mol. The molecular formula is C16H19F3N4. The van der Waals surface area contributed by atoms with Gasteiger partial charge in [0.05, 0.1) is 18.5 Å². The van der Waals surface area contributed by atoms with Crippen molar-refractivity contribution in [2.24, 2.45) is 4.99 Å². The van der Waals surface area contributed by atoms with Gasteiger partial charge in [0, 0.05) is 24.7 Å². The monoisotopic (exact) mass is 324 g/mol. The highest BCUT2D eigenvalue weighted by Gasteiger charge is 2.26. The van der Waals surface area contributed by atoms with Crippen LogP contribution in [-0.4, -0.2) is 30.2 Å². The molecule has 124 valence electrons. The maximum Gasteiger partial charge on any atom is 0.390 e. The number of benzene rings is 1. The number of nitrogens with one attached hydrogen (secondary N) is 2. The van der Waals surface area contributed by atoms with Gasteiger partial charge in [-0.3, -0.25) is 4.98 Å². The van der Waals surface area contributed by atoms with Crippen LogP contribution in [0.25, 0.3) is 10.9 Å². The molecule has 0 saturated carbocycles. The molecule has 0 radical (unpaired) electrons. The molecule has 1 aromatic heterocycles. The molecule has 2 rings (SSSR count). The minimum absolute atomic E-state index is 0.205. The molecule has 7 heteroatoms. The molecule has 0 aliphatic rings. The van der Waals surface area contributed by atoms with E-state index in [2.05, 4.69) is 20.6 Å². The molecule has 0 fully saturated rings. The third kappa shape index (κ3) is 5.43. The van der Waals surface area contributed by atoms with E-state index >= 15 is 0 Å². The molecule has 0 amide bonds. The quantitative estimate of drug-likeness (QED) is 0.656. The Morgan fingerprint density at radius 1 is 1.17 bits per heavy atom. The molecular weight excluding hydrogens is 305 g/mol. The fourth-order valence-electron chi connectivity index (χ4n) is 2.12. The van der Waals surface area contributed by atoms with E-state index in [1.807, 2.05) is 37.3 Å². The van der Waals surface area contributed by atoms with E-state index in [9.17, 15) is 13.2 Å². The third-order valence-corrected chi connectivity index (χ3v) is 3.17. The number of rotatable bonds is 5. The Labute approximate surface area is 132 Å². The largest absolute Gasteiger partial charge is 0.390 e. The molecule has 0 unspecified atom stereocenters. The Balaban J connectivity index is 2.07. The highest BCUT2D eigenvalue weighted by atomic mass is 19.4. The molecule has 0 atom stereocenters. The number of hydrogen-bond acceptors (Lipinski definition) is 2. The highest BCUT2D eigenvalue weighted by molar-refractivity contribution is 5.83. The molecule has 1 heterocycles. The average molecular weight is 324 g/mol. The molecule has 1 aromatic carbocycles. The first-order chi connectivity index (χ1) is 11.0. The fourth-order valence-corrected chi connectivity index (χ4v) is 2.12. The number of fused-ring (bicyclic) bond motifs is 1. The zero-order valence-corrected chi connectivity index (χ0v) is 12.8. The SMILES string of the molecule is CCNC(=NCc1cccc2cccnc12)NCCC(F)(F)F. The number of aliphatic imine (C=N–C) groups is 1. The number of hydrogen-bond donors (Lipinski definition) is 2. The number of aromatic nitrogens is 1. The van der Waals surface area contributed by atoms with Crippen molar-refractivity contribution in [2.75, 3.05) is 13.1 Å². The summed E-state index contributed by atoms with van der Waals surface area (Å²) in [7, 11) is 0. The number of guanidine groups is 1. The standard InChI is InChI=1S/C16H19F3N4/c1-2-20-15(22-10-8-16(17,18)19)23-11-13-6-3-5-12-7-4-9-21-14(12)13/h3-7,9H,2,8,10-11H2,1H3,(H2,20,22,23). The zero-order chi connectivity index (χ0) is 16.7. The summed E-state index contributed by atoms with van der Waals surface area (Å²) in [6, 6.07) is 9.61. The van der Waals surface area contributed by atoms with Crippen LogP contribution in [0.2, 0.25) is 0 Å². The van der Waals surface area contributed by atoms with Gasteiger partial charge in [-0.05, 0) is 18.6 Å². The van der Waals surface area contributed by atoms with Gasteiger partial charge in [0.1, 0.15) is 0 Å². The van der Waals surface area contributed by atoms with Crippen LogP contribution in [-0.2, 0) is 6.54 Å². The Hall–Kier alpha value is -2.31. The van der Waals surface area contributed by atoms with Gasteiger partial charge < -0.3 is 10.6 Å². The Kier molecular flexibility index (Phi) is 5.78. The lowest BCUT2D eigenvalue weighted by atomic mass is 10.1. The second-order valence-electron chi connectivity index (χ2n) is 4.98. The van der Waals surface area contributed by atoms with Crippen molar-refractivity contribution in [3.05, 3.63) is 42.1 Å². The number of nitrogens with zero attached hydrogens (tertiary/aromatic N) is 2.